The lowest BCUT2D eigenvalue weighted by atomic mass is 9.85. The van der Waals surface area contributed by atoms with Gasteiger partial charge >= 0.3 is 5.97 Å². The number of hydrogen-bond acceptors (Lipinski definition) is 2. The molecule has 0 amide bonds. The molecule has 1 rings (SSSR count). The van der Waals surface area contributed by atoms with Gasteiger partial charge in [0.15, 0.2) is 0 Å². The summed E-state index contributed by atoms with van der Waals surface area (Å²) in [5.74, 6) is 0.115. The van der Waals surface area contributed by atoms with Crippen molar-refractivity contribution in [1.29, 1.82) is 0 Å². The standard InChI is InChI=1S/C12H20O2/c1-4-7-14-12(13)11-6-5-9(2)10(3)8-11/h11H,4-8H2,1-3H3. The molecule has 1 aliphatic carbocycles. The third-order valence-electron chi connectivity index (χ3n) is 2.93. The molecule has 0 saturated carbocycles. The quantitative estimate of drug-likeness (QED) is 0.512. The molecule has 1 unspecified atom stereocenters. The molecule has 1 aliphatic rings. The molecule has 14 heavy (non-hydrogen) atoms. The van der Waals surface area contributed by atoms with Gasteiger partial charge in [-0.15, -0.1) is 0 Å². The van der Waals surface area contributed by atoms with E-state index in [9.17, 15) is 4.79 Å². The fraction of sp³-hybridized carbons (Fsp3) is 0.750. The highest BCUT2D eigenvalue weighted by Crippen LogP contribution is 2.29. The molecule has 0 radical (unpaired) electrons. The molecule has 0 heterocycles. The first-order chi connectivity index (χ1) is 6.65. The highest BCUT2D eigenvalue weighted by molar-refractivity contribution is 5.73. The molecule has 2 nitrogen and oxygen atoms in total. The number of allylic oxidation sites excluding steroid dienone is 2. The topological polar surface area (TPSA) is 26.3 Å². The maximum atomic E-state index is 11.6. The second-order valence-corrected chi connectivity index (χ2v) is 4.17. The van der Waals surface area contributed by atoms with E-state index < -0.39 is 0 Å². The second kappa shape index (κ2) is 5.18. The van der Waals surface area contributed by atoms with E-state index >= 15 is 0 Å². The molecular formula is C12H20O2. The van der Waals surface area contributed by atoms with Gasteiger partial charge in [0.05, 0.1) is 12.5 Å². The third-order valence-corrected chi connectivity index (χ3v) is 2.93. The van der Waals surface area contributed by atoms with E-state index in [1.807, 2.05) is 6.92 Å². The maximum absolute atomic E-state index is 11.6. The van der Waals surface area contributed by atoms with Crippen molar-refractivity contribution < 1.29 is 9.53 Å². The minimum absolute atomic E-state index is 0.00120. The van der Waals surface area contributed by atoms with E-state index in [0.717, 1.165) is 25.7 Å². The van der Waals surface area contributed by atoms with Crippen LogP contribution in [-0.2, 0) is 9.53 Å². The van der Waals surface area contributed by atoms with Crippen molar-refractivity contribution in [1.82, 2.24) is 0 Å². The first-order valence-electron chi connectivity index (χ1n) is 5.47. The molecule has 0 aromatic rings. The van der Waals surface area contributed by atoms with Crippen molar-refractivity contribution in [2.24, 2.45) is 5.92 Å². The van der Waals surface area contributed by atoms with Crippen molar-refractivity contribution in [3.63, 3.8) is 0 Å². The zero-order chi connectivity index (χ0) is 10.6. The van der Waals surface area contributed by atoms with Gasteiger partial charge in [0, 0.05) is 0 Å². The minimum Gasteiger partial charge on any atom is -0.465 e. The van der Waals surface area contributed by atoms with Gasteiger partial charge in [0.1, 0.15) is 0 Å². The molecule has 80 valence electrons. The largest absolute Gasteiger partial charge is 0.465 e. The lowest BCUT2D eigenvalue weighted by Gasteiger charge is -2.22. The molecule has 0 aliphatic heterocycles. The Kier molecular flexibility index (Phi) is 4.18. The molecule has 0 aromatic carbocycles. The lowest BCUT2D eigenvalue weighted by molar-refractivity contribution is -0.148. The minimum atomic E-state index is -0.00120. The summed E-state index contributed by atoms with van der Waals surface area (Å²) in [6, 6.07) is 0. The van der Waals surface area contributed by atoms with Crippen LogP contribution in [0.25, 0.3) is 0 Å². The number of esters is 1. The molecule has 0 N–H and O–H groups in total. The van der Waals surface area contributed by atoms with Crippen LogP contribution in [0, 0.1) is 5.92 Å². The van der Waals surface area contributed by atoms with Gasteiger partial charge < -0.3 is 4.74 Å². The highest BCUT2D eigenvalue weighted by Gasteiger charge is 2.24. The number of carbonyl (C=O) groups is 1. The van der Waals surface area contributed by atoms with E-state index in [0.29, 0.717) is 6.61 Å². The average molecular weight is 196 g/mol. The fourth-order valence-electron chi connectivity index (χ4n) is 1.77. The SMILES string of the molecule is CCCOC(=O)C1CCC(C)=C(C)C1. The second-order valence-electron chi connectivity index (χ2n) is 4.17. The summed E-state index contributed by atoms with van der Waals surface area (Å²) >= 11 is 0. The summed E-state index contributed by atoms with van der Waals surface area (Å²) in [4.78, 5) is 11.6. The Labute approximate surface area is 86.3 Å². The van der Waals surface area contributed by atoms with Gasteiger partial charge in [-0.2, -0.15) is 0 Å². The smallest absolute Gasteiger partial charge is 0.309 e. The van der Waals surface area contributed by atoms with Crippen LogP contribution < -0.4 is 0 Å². The van der Waals surface area contributed by atoms with Gasteiger partial charge in [0.2, 0.25) is 0 Å². The lowest BCUT2D eigenvalue weighted by Crippen LogP contribution is -2.21. The number of rotatable bonds is 3. The Hall–Kier alpha value is -0.790. The van der Waals surface area contributed by atoms with Crippen LogP contribution in [0.1, 0.15) is 46.5 Å². The van der Waals surface area contributed by atoms with Gasteiger partial charge in [0.25, 0.3) is 0 Å². The van der Waals surface area contributed by atoms with Crippen molar-refractivity contribution in [2.75, 3.05) is 6.61 Å². The molecule has 0 saturated heterocycles. The molecule has 0 aromatic heterocycles. The van der Waals surface area contributed by atoms with Crippen molar-refractivity contribution in [3.05, 3.63) is 11.1 Å². The Morgan fingerprint density at radius 3 is 2.71 bits per heavy atom. The van der Waals surface area contributed by atoms with Gasteiger partial charge in [-0.25, -0.2) is 0 Å². The van der Waals surface area contributed by atoms with Crippen LogP contribution in [0.5, 0.6) is 0 Å². The van der Waals surface area contributed by atoms with Gasteiger partial charge in [-0.3, -0.25) is 4.79 Å². The summed E-state index contributed by atoms with van der Waals surface area (Å²) in [5, 5.41) is 0. The van der Waals surface area contributed by atoms with Gasteiger partial charge in [-0.05, 0) is 39.5 Å². The number of ether oxygens (including phenoxy) is 1. The van der Waals surface area contributed by atoms with Gasteiger partial charge in [-0.1, -0.05) is 18.1 Å². The van der Waals surface area contributed by atoms with Crippen LogP contribution in [0.3, 0.4) is 0 Å². The van der Waals surface area contributed by atoms with Crippen LogP contribution in [-0.4, -0.2) is 12.6 Å². The molecule has 1 atom stereocenters. The molecule has 2 heteroatoms. The summed E-state index contributed by atoms with van der Waals surface area (Å²) < 4.78 is 5.15. The molecule has 0 fully saturated rings. The van der Waals surface area contributed by atoms with Crippen molar-refractivity contribution in [3.8, 4) is 0 Å². The van der Waals surface area contributed by atoms with E-state index in [2.05, 4.69) is 13.8 Å². The van der Waals surface area contributed by atoms with Crippen LogP contribution in [0.4, 0.5) is 0 Å². The van der Waals surface area contributed by atoms with Crippen LogP contribution in [0.15, 0.2) is 11.1 Å². The Morgan fingerprint density at radius 1 is 1.43 bits per heavy atom. The predicted molar refractivity (Wildman–Crippen MR) is 57.0 cm³/mol. The third kappa shape index (κ3) is 2.86. The summed E-state index contributed by atoms with van der Waals surface area (Å²) in [5.41, 5.74) is 2.82. The zero-order valence-corrected chi connectivity index (χ0v) is 9.43. The number of carbonyl (C=O) groups excluding carboxylic acids is 1. The number of hydrogen-bond donors (Lipinski definition) is 0. The fourth-order valence-corrected chi connectivity index (χ4v) is 1.77. The normalized spacial score (nSPS) is 22.4. The molecular weight excluding hydrogens is 176 g/mol. The van der Waals surface area contributed by atoms with Crippen LogP contribution in [0.2, 0.25) is 0 Å². The van der Waals surface area contributed by atoms with Crippen molar-refractivity contribution in [2.45, 2.75) is 46.5 Å². The van der Waals surface area contributed by atoms with E-state index in [1.165, 1.54) is 11.1 Å². The zero-order valence-electron chi connectivity index (χ0n) is 9.43. The van der Waals surface area contributed by atoms with E-state index in [-0.39, 0.29) is 11.9 Å². The summed E-state index contributed by atoms with van der Waals surface area (Å²) in [7, 11) is 0. The summed E-state index contributed by atoms with van der Waals surface area (Å²) in [6.45, 7) is 6.86. The van der Waals surface area contributed by atoms with E-state index in [1.54, 1.807) is 0 Å². The first-order valence-corrected chi connectivity index (χ1v) is 5.47. The highest BCUT2D eigenvalue weighted by atomic mass is 16.5. The van der Waals surface area contributed by atoms with E-state index in [4.69, 9.17) is 4.74 Å². The molecule has 0 spiro atoms. The Bertz CT molecular complexity index is 241. The first kappa shape index (κ1) is 11.3. The summed E-state index contributed by atoms with van der Waals surface area (Å²) in [6.07, 6.45) is 3.82. The Morgan fingerprint density at radius 2 is 2.14 bits per heavy atom. The van der Waals surface area contributed by atoms with Crippen LogP contribution >= 0.6 is 0 Å². The Balaban J connectivity index is 2.44. The van der Waals surface area contributed by atoms with Crippen molar-refractivity contribution >= 4 is 5.97 Å². The predicted octanol–water partition coefficient (Wildman–Crippen LogP) is 3.08. The maximum Gasteiger partial charge on any atom is 0.309 e. The molecule has 0 bridgehead atoms. The average Bonchev–Trinajstić information content (AvgIpc) is 2.18. The monoisotopic (exact) mass is 196 g/mol.